The van der Waals surface area contributed by atoms with Gasteiger partial charge in [-0.1, -0.05) is 39.0 Å². The lowest BCUT2D eigenvalue weighted by atomic mass is 9.83. The lowest BCUT2D eigenvalue weighted by Crippen LogP contribution is -2.40. The molecule has 1 aliphatic rings. The van der Waals surface area contributed by atoms with Crippen molar-refractivity contribution in [2.75, 3.05) is 13.1 Å². The summed E-state index contributed by atoms with van der Waals surface area (Å²) in [5.74, 6) is -0.900. The molecule has 2 heterocycles. The van der Waals surface area contributed by atoms with Crippen molar-refractivity contribution in [3.8, 4) is 0 Å². The Morgan fingerprint density at radius 1 is 1.15 bits per heavy atom. The number of carbonyl (C=O) groups excluding carboxylic acids is 1. The van der Waals surface area contributed by atoms with E-state index in [1.807, 2.05) is 29.2 Å². The van der Waals surface area contributed by atoms with Crippen LogP contribution in [-0.2, 0) is 5.41 Å². The molecule has 1 aromatic heterocycles. The van der Waals surface area contributed by atoms with Crippen LogP contribution in [-0.4, -0.2) is 44.8 Å². The van der Waals surface area contributed by atoms with E-state index in [0.717, 1.165) is 24.0 Å². The number of likely N-dealkylation sites (tertiary alicyclic amines) is 1. The van der Waals surface area contributed by atoms with Crippen LogP contribution in [0.25, 0.3) is 0 Å². The van der Waals surface area contributed by atoms with E-state index >= 15 is 0 Å². The molecule has 6 nitrogen and oxygen atoms in total. The van der Waals surface area contributed by atoms with E-state index in [9.17, 15) is 9.59 Å². The van der Waals surface area contributed by atoms with Gasteiger partial charge in [-0.05, 0) is 29.9 Å². The second-order valence-electron chi connectivity index (χ2n) is 7.83. The minimum absolute atomic E-state index is 0.0701. The molecule has 0 atom stereocenters. The number of nitrogens with zero attached hydrogens (tertiary/aromatic N) is 3. The van der Waals surface area contributed by atoms with Gasteiger partial charge in [0.1, 0.15) is 0 Å². The topological polar surface area (TPSA) is 75.4 Å². The maximum absolute atomic E-state index is 13.0. The van der Waals surface area contributed by atoms with E-state index in [1.54, 1.807) is 10.9 Å². The maximum Gasteiger partial charge on any atom is 0.338 e. The number of hydrogen-bond donors (Lipinski definition) is 1. The van der Waals surface area contributed by atoms with Crippen molar-refractivity contribution in [3.63, 3.8) is 0 Å². The van der Waals surface area contributed by atoms with E-state index < -0.39 is 5.97 Å². The minimum Gasteiger partial charge on any atom is -0.478 e. The molecule has 3 rings (SSSR count). The zero-order valence-electron chi connectivity index (χ0n) is 15.5. The average Bonchev–Trinajstić information content (AvgIpc) is 3.11. The molecular formula is C20H25N3O3. The van der Waals surface area contributed by atoms with Gasteiger partial charge in [-0.3, -0.25) is 9.48 Å². The highest BCUT2D eigenvalue weighted by molar-refractivity contribution is 5.96. The van der Waals surface area contributed by atoms with Gasteiger partial charge >= 0.3 is 5.97 Å². The van der Waals surface area contributed by atoms with Gasteiger partial charge in [0.05, 0.1) is 17.8 Å². The van der Waals surface area contributed by atoms with E-state index in [1.165, 1.54) is 6.20 Å². The fourth-order valence-corrected chi connectivity index (χ4v) is 3.48. The predicted molar refractivity (Wildman–Crippen MR) is 98.5 cm³/mol. The molecule has 0 saturated carbocycles. The van der Waals surface area contributed by atoms with Crippen molar-refractivity contribution in [1.82, 2.24) is 14.7 Å². The third-order valence-corrected chi connectivity index (χ3v) is 4.94. The third-order valence-electron chi connectivity index (χ3n) is 4.94. The summed E-state index contributed by atoms with van der Waals surface area (Å²) in [5.41, 5.74) is 1.94. The molecule has 138 valence electrons. The minimum atomic E-state index is -0.970. The number of aromatic carboxylic acids is 1. The van der Waals surface area contributed by atoms with Crippen LogP contribution in [0.4, 0.5) is 0 Å². The summed E-state index contributed by atoms with van der Waals surface area (Å²) >= 11 is 0. The Hall–Kier alpha value is -2.63. The van der Waals surface area contributed by atoms with E-state index in [0.29, 0.717) is 13.1 Å². The molecule has 1 aliphatic heterocycles. The Kier molecular flexibility index (Phi) is 4.85. The van der Waals surface area contributed by atoms with Crippen molar-refractivity contribution < 1.29 is 14.7 Å². The fourth-order valence-electron chi connectivity index (χ4n) is 3.48. The zero-order chi connectivity index (χ0) is 18.9. The van der Waals surface area contributed by atoms with Crippen LogP contribution in [0.2, 0.25) is 0 Å². The summed E-state index contributed by atoms with van der Waals surface area (Å²) in [6.45, 7) is 7.63. The van der Waals surface area contributed by atoms with Gasteiger partial charge in [0.15, 0.2) is 0 Å². The summed E-state index contributed by atoms with van der Waals surface area (Å²) < 4.78 is 1.72. The number of carboxylic acid groups (broad SMARTS) is 1. The van der Waals surface area contributed by atoms with Gasteiger partial charge in [0.2, 0.25) is 0 Å². The number of benzene rings is 1. The summed E-state index contributed by atoms with van der Waals surface area (Å²) in [6.07, 6.45) is 4.48. The molecule has 2 aromatic rings. The molecule has 0 unspecified atom stereocenters. The van der Waals surface area contributed by atoms with Crippen molar-refractivity contribution in [1.29, 1.82) is 0 Å². The van der Waals surface area contributed by atoms with E-state index in [-0.39, 0.29) is 22.9 Å². The first-order valence-electron chi connectivity index (χ1n) is 8.93. The molecule has 0 spiro atoms. The van der Waals surface area contributed by atoms with Crippen LogP contribution >= 0.6 is 0 Å². The summed E-state index contributed by atoms with van der Waals surface area (Å²) in [5, 5.41) is 13.2. The Balaban J connectivity index is 1.70. The zero-order valence-corrected chi connectivity index (χ0v) is 15.5. The highest BCUT2D eigenvalue weighted by Crippen LogP contribution is 2.29. The average molecular weight is 355 g/mol. The summed E-state index contributed by atoms with van der Waals surface area (Å²) in [4.78, 5) is 25.9. The van der Waals surface area contributed by atoms with Gasteiger partial charge in [-0.25, -0.2) is 4.79 Å². The monoisotopic (exact) mass is 355 g/mol. The number of aromatic nitrogens is 2. The number of piperidine rings is 1. The molecule has 1 amide bonds. The molecule has 0 bridgehead atoms. The highest BCUT2D eigenvalue weighted by Gasteiger charge is 2.28. The van der Waals surface area contributed by atoms with Crippen LogP contribution < -0.4 is 0 Å². The van der Waals surface area contributed by atoms with Crippen molar-refractivity contribution in [2.24, 2.45) is 0 Å². The van der Waals surface area contributed by atoms with Crippen molar-refractivity contribution in [2.45, 2.75) is 45.1 Å². The van der Waals surface area contributed by atoms with Gasteiger partial charge < -0.3 is 10.0 Å². The number of rotatable bonds is 3. The third kappa shape index (κ3) is 3.64. The number of carboxylic acids is 1. The molecule has 1 fully saturated rings. The SMILES string of the molecule is CC(C)(C)c1ccccc1C(=O)N1CCC(n2cc(C(=O)O)cn2)CC1. The molecule has 6 heteroatoms. The molecule has 0 radical (unpaired) electrons. The van der Waals surface area contributed by atoms with Gasteiger partial charge in [0.25, 0.3) is 5.91 Å². The maximum atomic E-state index is 13.0. The van der Waals surface area contributed by atoms with E-state index in [4.69, 9.17) is 5.11 Å². The Labute approximate surface area is 153 Å². The van der Waals surface area contributed by atoms with Crippen LogP contribution in [0.1, 0.15) is 65.9 Å². The highest BCUT2D eigenvalue weighted by atomic mass is 16.4. The number of hydrogen-bond acceptors (Lipinski definition) is 3. The number of amides is 1. The fraction of sp³-hybridized carbons (Fsp3) is 0.450. The first kappa shape index (κ1) is 18.2. The van der Waals surface area contributed by atoms with Crippen molar-refractivity contribution >= 4 is 11.9 Å². The van der Waals surface area contributed by atoms with Crippen molar-refractivity contribution in [3.05, 3.63) is 53.3 Å². The Morgan fingerprint density at radius 3 is 2.38 bits per heavy atom. The molecule has 0 aliphatic carbocycles. The second kappa shape index (κ2) is 6.94. The largest absolute Gasteiger partial charge is 0.478 e. The Bertz CT molecular complexity index is 812. The first-order chi connectivity index (χ1) is 12.3. The number of carbonyl (C=O) groups is 2. The molecule has 1 aromatic carbocycles. The summed E-state index contributed by atoms with van der Waals surface area (Å²) in [6, 6.07) is 7.94. The lowest BCUT2D eigenvalue weighted by Gasteiger charge is -2.33. The quantitative estimate of drug-likeness (QED) is 0.916. The molecule has 26 heavy (non-hydrogen) atoms. The normalized spacial score (nSPS) is 15.9. The van der Waals surface area contributed by atoms with Gasteiger partial charge in [0, 0.05) is 24.8 Å². The standard InChI is InChI=1S/C20H25N3O3/c1-20(2,3)17-7-5-4-6-16(17)18(24)22-10-8-15(9-11-22)23-13-14(12-21-23)19(25)26/h4-7,12-13,15H,8-11H2,1-3H3,(H,25,26). The van der Waals surface area contributed by atoms with Crippen LogP contribution in [0.5, 0.6) is 0 Å². The van der Waals surface area contributed by atoms with Gasteiger partial charge in [-0.15, -0.1) is 0 Å². The van der Waals surface area contributed by atoms with Gasteiger partial charge in [-0.2, -0.15) is 5.10 Å². The molecule has 1 saturated heterocycles. The van der Waals surface area contributed by atoms with Crippen LogP contribution in [0, 0.1) is 0 Å². The first-order valence-corrected chi connectivity index (χ1v) is 8.93. The summed E-state index contributed by atoms with van der Waals surface area (Å²) in [7, 11) is 0. The predicted octanol–water partition coefficient (Wildman–Crippen LogP) is 3.36. The lowest BCUT2D eigenvalue weighted by molar-refractivity contribution is 0.0686. The van der Waals surface area contributed by atoms with Crippen LogP contribution in [0.3, 0.4) is 0 Å². The van der Waals surface area contributed by atoms with E-state index in [2.05, 4.69) is 25.9 Å². The smallest absolute Gasteiger partial charge is 0.338 e. The second-order valence-corrected chi connectivity index (χ2v) is 7.83. The van der Waals surface area contributed by atoms with Crippen LogP contribution in [0.15, 0.2) is 36.7 Å². The Morgan fingerprint density at radius 2 is 1.81 bits per heavy atom. The molecular weight excluding hydrogens is 330 g/mol. The molecule has 1 N–H and O–H groups in total.